The molecule has 0 bridgehead atoms. The van der Waals surface area contributed by atoms with Gasteiger partial charge in [0.2, 0.25) is 0 Å². The van der Waals surface area contributed by atoms with Gasteiger partial charge in [0.05, 0.1) is 16.1 Å². The Morgan fingerprint density at radius 3 is 2.56 bits per heavy atom. The van der Waals surface area contributed by atoms with Crippen molar-refractivity contribution in [2.45, 2.75) is 25.8 Å². The number of nitrogens with two attached hydrogens (primary N) is 1. The van der Waals surface area contributed by atoms with Gasteiger partial charge in [-0.2, -0.15) is 0 Å². The number of hydrogen-bond acceptors (Lipinski definition) is 2. The second-order valence-corrected chi connectivity index (χ2v) is 6.34. The molecule has 1 atom stereocenters. The molecule has 0 aliphatic rings. The van der Waals surface area contributed by atoms with Gasteiger partial charge in [-0.1, -0.05) is 35.1 Å². The molecule has 3 nitrogen and oxygen atoms in total. The highest BCUT2D eigenvalue weighted by Gasteiger charge is 2.28. The lowest BCUT2D eigenvalue weighted by Crippen LogP contribution is -2.54. The fourth-order valence-corrected chi connectivity index (χ4v) is 2.74. The molecule has 0 saturated carbocycles. The van der Waals surface area contributed by atoms with Crippen LogP contribution in [0, 0.1) is 0 Å². The van der Waals surface area contributed by atoms with Crippen LogP contribution >= 0.6 is 44.1 Å². The minimum atomic E-state index is -0.668. The number of carbonyl (C=O) groups excluding carboxylic acids is 1. The summed E-state index contributed by atoms with van der Waals surface area (Å²) in [6, 6.07) is 5.36. The van der Waals surface area contributed by atoms with Gasteiger partial charge < -0.3 is 11.1 Å². The lowest BCUT2D eigenvalue weighted by Gasteiger charge is -2.28. The molecule has 0 fully saturated rings. The summed E-state index contributed by atoms with van der Waals surface area (Å²) >= 11 is 11.7. The molecule has 1 aromatic carbocycles. The van der Waals surface area contributed by atoms with Crippen molar-refractivity contribution in [1.29, 1.82) is 0 Å². The van der Waals surface area contributed by atoms with Crippen molar-refractivity contribution in [2.75, 3.05) is 0 Å². The zero-order chi connectivity index (χ0) is 13.9. The second-order valence-electron chi connectivity index (χ2n) is 4.13. The number of rotatable bonds is 4. The van der Waals surface area contributed by atoms with Gasteiger partial charge in [0.15, 0.2) is 0 Å². The molecular formula is C12H14Br2N2OS. The van der Waals surface area contributed by atoms with E-state index in [1.165, 1.54) is 0 Å². The van der Waals surface area contributed by atoms with Crippen LogP contribution in [0.2, 0.25) is 0 Å². The zero-order valence-corrected chi connectivity index (χ0v) is 14.1. The molecule has 6 heteroatoms. The third kappa shape index (κ3) is 3.52. The molecule has 0 aliphatic carbocycles. The SMILES string of the molecule is CCC(C)(NC(=O)c1ccc(Br)cc1Br)C(N)=S. The summed E-state index contributed by atoms with van der Waals surface area (Å²) in [4.78, 5) is 12.5. The summed E-state index contributed by atoms with van der Waals surface area (Å²) in [6.07, 6.45) is 0.641. The molecule has 0 aromatic heterocycles. The van der Waals surface area contributed by atoms with Gasteiger partial charge in [-0.15, -0.1) is 0 Å². The van der Waals surface area contributed by atoms with Gasteiger partial charge in [0, 0.05) is 8.95 Å². The van der Waals surface area contributed by atoms with Crippen molar-refractivity contribution in [2.24, 2.45) is 5.73 Å². The van der Waals surface area contributed by atoms with Crippen LogP contribution in [0.3, 0.4) is 0 Å². The predicted molar refractivity (Wildman–Crippen MR) is 84.8 cm³/mol. The Kier molecular flexibility index (Phi) is 5.31. The van der Waals surface area contributed by atoms with Crippen molar-refractivity contribution in [3.63, 3.8) is 0 Å². The molecule has 1 aromatic rings. The molecule has 3 N–H and O–H groups in total. The number of carbonyl (C=O) groups is 1. The predicted octanol–water partition coefficient (Wildman–Crippen LogP) is 3.40. The molecule has 1 unspecified atom stereocenters. The minimum absolute atomic E-state index is 0.202. The number of amides is 1. The zero-order valence-electron chi connectivity index (χ0n) is 10.1. The van der Waals surface area contributed by atoms with E-state index in [-0.39, 0.29) is 10.9 Å². The quantitative estimate of drug-likeness (QED) is 0.770. The normalized spacial score (nSPS) is 13.8. The lowest BCUT2D eigenvalue weighted by atomic mass is 9.98. The number of halogens is 2. The van der Waals surface area contributed by atoms with Crippen LogP contribution in [-0.4, -0.2) is 16.4 Å². The monoisotopic (exact) mass is 392 g/mol. The second kappa shape index (κ2) is 6.12. The van der Waals surface area contributed by atoms with Gasteiger partial charge in [-0.25, -0.2) is 0 Å². The van der Waals surface area contributed by atoms with Crippen molar-refractivity contribution in [1.82, 2.24) is 5.32 Å². The first kappa shape index (κ1) is 15.6. The molecule has 1 rings (SSSR count). The van der Waals surface area contributed by atoms with Gasteiger partial charge in [-0.3, -0.25) is 4.79 Å². The largest absolute Gasteiger partial charge is 0.391 e. The van der Waals surface area contributed by atoms with E-state index in [4.69, 9.17) is 18.0 Å². The molecule has 0 aliphatic heterocycles. The van der Waals surface area contributed by atoms with Crippen LogP contribution < -0.4 is 11.1 Å². The highest BCUT2D eigenvalue weighted by atomic mass is 79.9. The first-order chi connectivity index (χ1) is 8.30. The maximum Gasteiger partial charge on any atom is 0.253 e. The van der Waals surface area contributed by atoms with Gasteiger partial charge in [0.1, 0.15) is 0 Å². The first-order valence-corrected chi connectivity index (χ1v) is 7.37. The number of nitrogens with one attached hydrogen (secondary N) is 1. The van der Waals surface area contributed by atoms with E-state index in [1.54, 1.807) is 6.07 Å². The topological polar surface area (TPSA) is 55.1 Å². The van der Waals surface area contributed by atoms with Crippen LogP contribution in [0.25, 0.3) is 0 Å². The number of thiocarbonyl (C=S) groups is 1. The highest BCUT2D eigenvalue weighted by Crippen LogP contribution is 2.22. The smallest absolute Gasteiger partial charge is 0.253 e. The molecular weight excluding hydrogens is 380 g/mol. The third-order valence-electron chi connectivity index (χ3n) is 2.82. The number of benzene rings is 1. The highest BCUT2D eigenvalue weighted by molar-refractivity contribution is 9.11. The Morgan fingerprint density at radius 1 is 1.50 bits per heavy atom. The van der Waals surface area contributed by atoms with E-state index in [0.29, 0.717) is 12.0 Å². The van der Waals surface area contributed by atoms with Crippen molar-refractivity contribution < 1.29 is 4.79 Å². The third-order valence-corrected chi connectivity index (χ3v) is 4.42. The standard InChI is InChI=1S/C12H14Br2N2OS/c1-3-12(2,11(15)18)16-10(17)8-5-4-7(13)6-9(8)14/h4-6H,3H2,1-2H3,(H2,15,18)(H,16,17). The summed E-state index contributed by atoms with van der Waals surface area (Å²) in [5.74, 6) is -0.202. The Bertz CT molecular complexity index is 493. The van der Waals surface area contributed by atoms with E-state index in [1.807, 2.05) is 26.0 Å². The summed E-state index contributed by atoms with van der Waals surface area (Å²) in [7, 11) is 0. The molecule has 0 radical (unpaired) electrons. The van der Waals surface area contributed by atoms with Crippen LogP contribution in [0.5, 0.6) is 0 Å². The van der Waals surface area contributed by atoms with Crippen molar-refractivity contribution in [3.8, 4) is 0 Å². The maximum atomic E-state index is 12.2. The Balaban J connectivity index is 2.98. The average Bonchev–Trinajstić information content (AvgIpc) is 2.28. The summed E-state index contributed by atoms with van der Waals surface area (Å²) in [5, 5.41) is 2.87. The summed E-state index contributed by atoms with van der Waals surface area (Å²) in [6.45, 7) is 3.75. The van der Waals surface area contributed by atoms with E-state index in [0.717, 1.165) is 8.95 Å². The average molecular weight is 394 g/mol. The van der Waals surface area contributed by atoms with E-state index < -0.39 is 5.54 Å². The minimum Gasteiger partial charge on any atom is -0.391 e. The molecule has 0 saturated heterocycles. The van der Waals surface area contributed by atoms with Crippen LogP contribution in [0.1, 0.15) is 30.6 Å². The van der Waals surface area contributed by atoms with E-state index in [9.17, 15) is 4.79 Å². The number of hydrogen-bond donors (Lipinski definition) is 2. The summed E-state index contributed by atoms with van der Waals surface area (Å²) < 4.78 is 1.62. The Hall–Kier alpha value is -0.460. The molecule has 98 valence electrons. The van der Waals surface area contributed by atoms with Crippen LogP contribution in [0.4, 0.5) is 0 Å². The Morgan fingerprint density at radius 2 is 2.11 bits per heavy atom. The molecule has 1 amide bonds. The molecule has 0 heterocycles. The van der Waals surface area contributed by atoms with E-state index >= 15 is 0 Å². The molecule has 0 spiro atoms. The molecule has 18 heavy (non-hydrogen) atoms. The maximum absolute atomic E-state index is 12.2. The van der Waals surface area contributed by atoms with Gasteiger partial charge >= 0.3 is 0 Å². The summed E-state index contributed by atoms with van der Waals surface area (Å²) in [5.41, 5.74) is 5.55. The Labute approximate surface area is 129 Å². The van der Waals surface area contributed by atoms with Gasteiger partial charge in [-0.05, 0) is 47.5 Å². The first-order valence-electron chi connectivity index (χ1n) is 5.37. The van der Waals surface area contributed by atoms with Crippen LogP contribution in [0.15, 0.2) is 27.1 Å². The van der Waals surface area contributed by atoms with Crippen molar-refractivity contribution in [3.05, 3.63) is 32.7 Å². The van der Waals surface area contributed by atoms with Crippen LogP contribution in [-0.2, 0) is 0 Å². The lowest BCUT2D eigenvalue weighted by molar-refractivity contribution is 0.0926. The fraction of sp³-hybridized carbons (Fsp3) is 0.333. The van der Waals surface area contributed by atoms with E-state index in [2.05, 4.69) is 37.2 Å². The van der Waals surface area contributed by atoms with Gasteiger partial charge in [0.25, 0.3) is 5.91 Å². The fourth-order valence-electron chi connectivity index (χ4n) is 1.32. The van der Waals surface area contributed by atoms with Crippen molar-refractivity contribution >= 4 is 55.0 Å².